The van der Waals surface area contributed by atoms with Gasteiger partial charge in [0.25, 0.3) is 0 Å². The lowest BCUT2D eigenvalue weighted by atomic mass is 10.1. The largest absolute Gasteiger partial charge is 0.379 e. The van der Waals surface area contributed by atoms with Gasteiger partial charge in [-0.2, -0.15) is 9.41 Å². The number of fused-ring (bicyclic) bond motifs is 1. The summed E-state index contributed by atoms with van der Waals surface area (Å²) in [6, 6.07) is 14.2. The van der Waals surface area contributed by atoms with Crippen LogP contribution in [-0.4, -0.2) is 49.7 Å². The molecule has 9 heteroatoms. The number of benzene rings is 2. The van der Waals surface area contributed by atoms with Gasteiger partial charge in [0.15, 0.2) is 0 Å². The molecule has 0 aliphatic carbocycles. The van der Waals surface area contributed by atoms with Gasteiger partial charge in [-0.05, 0) is 61.4 Å². The molecule has 0 atom stereocenters. The van der Waals surface area contributed by atoms with Crippen LogP contribution in [0.3, 0.4) is 0 Å². The number of sulfonamides is 1. The average molecular weight is 459 g/mol. The van der Waals surface area contributed by atoms with Crippen LogP contribution in [0, 0.1) is 6.92 Å². The molecule has 4 rings (SSSR count). The zero-order valence-corrected chi connectivity index (χ0v) is 18.9. The van der Waals surface area contributed by atoms with Gasteiger partial charge in [-0.25, -0.2) is 13.4 Å². The quantitative estimate of drug-likeness (QED) is 0.460. The van der Waals surface area contributed by atoms with E-state index in [0.29, 0.717) is 42.9 Å². The number of aromatic nitrogens is 1. The highest BCUT2D eigenvalue weighted by Gasteiger charge is 2.26. The van der Waals surface area contributed by atoms with Crippen LogP contribution in [0.1, 0.15) is 18.1 Å². The first-order valence-corrected chi connectivity index (χ1v) is 11.7. The molecule has 162 valence electrons. The molecular weight excluding hydrogens is 436 g/mol. The predicted octanol–water partition coefficient (Wildman–Crippen LogP) is 4.05. The van der Waals surface area contributed by atoms with Crippen LogP contribution < -0.4 is 5.43 Å². The summed E-state index contributed by atoms with van der Waals surface area (Å²) < 4.78 is 32.2. The third-order valence-corrected chi connectivity index (χ3v) is 7.34. The minimum Gasteiger partial charge on any atom is -0.379 e. The standard InChI is InChI=1S/C22H23ClN4O3S/c1-15-13-22(24-21-8-5-18(23)14-20(15)21)26-25-16(2)17-3-6-19(7-4-17)31(28,29)27-9-11-30-12-10-27/h3-8,13-14H,9-12H2,1-2H3,(H,24,26)/b25-16+. The molecule has 2 aromatic carbocycles. The summed E-state index contributed by atoms with van der Waals surface area (Å²) in [5, 5.41) is 6.08. The zero-order chi connectivity index (χ0) is 22.0. The molecule has 7 nitrogen and oxygen atoms in total. The Morgan fingerprint density at radius 2 is 1.84 bits per heavy atom. The summed E-state index contributed by atoms with van der Waals surface area (Å²) >= 11 is 6.07. The maximum atomic E-state index is 12.8. The van der Waals surface area contributed by atoms with E-state index < -0.39 is 10.0 Å². The Morgan fingerprint density at radius 3 is 2.55 bits per heavy atom. The molecule has 2 heterocycles. The number of hydrogen-bond donors (Lipinski definition) is 1. The number of morpholine rings is 1. The number of nitrogens with one attached hydrogen (secondary N) is 1. The summed E-state index contributed by atoms with van der Waals surface area (Å²) in [6.07, 6.45) is 0. The van der Waals surface area contributed by atoms with Gasteiger partial charge in [0.1, 0.15) is 5.82 Å². The fourth-order valence-electron chi connectivity index (χ4n) is 3.43. The number of anilines is 1. The Morgan fingerprint density at radius 1 is 1.13 bits per heavy atom. The van der Waals surface area contributed by atoms with Crippen molar-refractivity contribution in [2.24, 2.45) is 5.10 Å². The molecule has 0 radical (unpaired) electrons. The van der Waals surface area contributed by atoms with E-state index in [2.05, 4.69) is 15.5 Å². The Balaban J connectivity index is 1.51. The molecule has 1 aromatic heterocycles. The Kier molecular flexibility index (Phi) is 6.24. The smallest absolute Gasteiger partial charge is 0.243 e. The van der Waals surface area contributed by atoms with Crippen LogP contribution in [0.4, 0.5) is 5.82 Å². The first-order valence-electron chi connectivity index (χ1n) is 9.90. The molecular formula is C22H23ClN4O3S. The molecule has 0 saturated carbocycles. The van der Waals surface area contributed by atoms with Crippen molar-refractivity contribution >= 4 is 44.1 Å². The number of nitrogens with zero attached hydrogens (tertiary/aromatic N) is 3. The topological polar surface area (TPSA) is 83.9 Å². The van der Waals surface area contributed by atoms with Crippen molar-refractivity contribution in [3.8, 4) is 0 Å². The molecule has 1 aliphatic rings. The van der Waals surface area contributed by atoms with Gasteiger partial charge in [0.2, 0.25) is 10.0 Å². The molecule has 0 spiro atoms. The third-order valence-electron chi connectivity index (χ3n) is 5.20. The highest BCUT2D eigenvalue weighted by molar-refractivity contribution is 7.89. The molecule has 1 saturated heterocycles. The summed E-state index contributed by atoms with van der Waals surface area (Å²) in [6.45, 7) is 5.44. The molecule has 3 aromatic rings. The molecule has 31 heavy (non-hydrogen) atoms. The lowest BCUT2D eigenvalue weighted by Crippen LogP contribution is -2.40. The minimum absolute atomic E-state index is 0.268. The fraction of sp³-hybridized carbons (Fsp3) is 0.273. The molecule has 1 aliphatic heterocycles. The van der Waals surface area contributed by atoms with Crippen LogP contribution >= 0.6 is 11.6 Å². The highest BCUT2D eigenvalue weighted by Crippen LogP contribution is 2.24. The fourth-order valence-corrected chi connectivity index (χ4v) is 5.01. The number of halogens is 1. The van der Waals surface area contributed by atoms with Crippen LogP contribution in [0.5, 0.6) is 0 Å². The van der Waals surface area contributed by atoms with E-state index >= 15 is 0 Å². The Hall–Kier alpha value is -2.52. The first kappa shape index (κ1) is 21.7. The van der Waals surface area contributed by atoms with E-state index in [1.165, 1.54) is 4.31 Å². The summed E-state index contributed by atoms with van der Waals surface area (Å²) in [5.41, 5.74) is 6.39. The van der Waals surface area contributed by atoms with Crippen molar-refractivity contribution in [2.75, 3.05) is 31.7 Å². The van der Waals surface area contributed by atoms with Crippen LogP contribution in [0.15, 0.2) is 58.5 Å². The van der Waals surface area contributed by atoms with Crippen molar-refractivity contribution in [1.29, 1.82) is 0 Å². The molecule has 0 bridgehead atoms. The van der Waals surface area contributed by atoms with Crippen LogP contribution in [-0.2, 0) is 14.8 Å². The summed E-state index contributed by atoms with van der Waals surface area (Å²) in [7, 11) is -3.51. The lowest BCUT2D eigenvalue weighted by Gasteiger charge is -2.26. The lowest BCUT2D eigenvalue weighted by molar-refractivity contribution is 0.0730. The van der Waals surface area contributed by atoms with Gasteiger partial charge in [0, 0.05) is 23.5 Å². The van der Waals surface area contributed by atoms with Crippen LogP contribution in [0.25, 0.3) is 10.9 Å². The average Bonchev–Trinajstić information content (AvgIpc) is 2.78. The van der Waals surface area contributed by atoms with Gasteiger partial charge in [-0.3, -0.25) is 5.43 Å². The van der Waals surface area contributed by atoms with E-state index in [9.17, 15) is 8.42 Å². The third kappa shape index (κ3) is 4.72. The van der Waals surface area contributed by atoms with Crippen molar-refractivity contribution in [3.05, 3.63) is 64.7 Å². The van der Waals surface area contributed by atoms with E-state index in [4.69, 9.17) is 16.3 Å². The summed E-state index contributed by atoms with van der Waals surface area (Å²) in [5.74, 6) is 0.623. The highest BCUT2D eigenvalue weighted by atomic mass is 35.5. The van der Waals surface area contributed by atoms with Crippen molar-refractivity contribution in [3.63, 3.8) is 0 Å². The van der Waals surface area contributed by atoms with Gasteiger partial charge >= 0.3 is 0 Å². The van der Waals surface area contributed by atoms with Crippen molar-refractivity contribution < 1.29 is 13.2 Å². The van der Waals surface area contributed by atoms with Gasteiger partial charge in [-0.1, -0.05) is 23.7 Å². The number of hydrazone groups is 1. The molecule has 0 unspecified atom stereocenters. The summed E-state index contributed by atoms with van der Waals surface area (Å²) in [4.78, 5) is 4.84. The number of hydrogen-bond acceptors (Lipinski definition) is 6. The molecule has 1 fully saturated rings. The zero-order valence-electron chi connectivity index (χ0n) is 17.3. The van der Waals surface area contributed by atoms with Gasteiger partial charge < -0.3 is 4.74 Å². The maximum Gasteiger partial charge on any atom is 0.243 e. The second-order valence-electron chi connectivity index (χ2n) is 7.34. The first-order chi connectivity index (χ1) is 14.8. The molecule has 1 N–H and O–H groups in total. The monoisotopic (exact) mass is 458 g/mol. The van der Waals surface area contributed by atoms with E-state index in [0.717, 1.165) is 22.0 Å². The van der Waals surface area contributed by atoms with E-state index in [-0.39, 0.29) is 4.90 Å². The number of rotatable bonds is 5. The Bertz CT molecular complexity index is 1240. The number of pyridine rings is 1. The predicted molar refractivity (Wildman–Crippen MR) is 123 cm³/mol. The minimum atomic E-state index is -3.51. The van der Waals surface area contributed by atoms with Gasteiger partial charge in [-0.15, -0.1) is 0 Å². The normalized spacial score (nSPS) is 15.9. The van der Waals surface area contributed by atoms with Gasteiger partial charge in [0.05, 0.1) is 29.3 Å². The van der Waals surface area contributed by atoms with Crippen LogP contribution in [0.2, 0.25) is 5.02 Å². The molecule has 0 amide bonds. The van der Waals surface area contributed by atoms with E-state index in [1.807, 2.05) is 32.0 Å². The van der Waals surface area contributed by atoms with Crippen molar-refractivity contribution in [1.82, 2.24) is 9.29 Å². The number of ether oxygens (including phenoxy) is 1. The number of aryl methyl sites for hydroxylation is 1. The Labute approximate surface area is 186 Å². The maximum absolute atomic E-state index is 12.8. The second-order valence-corrected chi connectivity index (χ2v) is 9.71. The second kappa shape index (κ2) is 8.92. The van der Waals surface area contributed by atoms with E-state index in [1.54, 1.807) is 30.3 Å². The van der Waals surface area contributed by atoms with Crippen molar-refractivity contribution in [2.45, 2.75) is 18.7 Å². The SMILES string of the molecule is C/C(=N\Nc1cc(C)c2cc(Cl)ccc2n1)c1ccc(S(=O)(=O)N2CCOCC2)cc1.